The highest BCUT2D eigenvalue weighted by atomic mass is 16.7. The lowest BCUT2D eigenvalue weighted by Crippen LogP contribution is -2.61. The number of rotatable bonds is 56. The van der Waals surface area contributed by atoms with Crippen LogP contribution in [0.4, 0.5) is 0 Å². The molecule has 8 atom stereocenters. The molecule has 464 valence electrons. The van der Waals surface area contributed by atoms with Gasteiger partial charge in [-0.05, 0) is 89.9 Å². The molecule has 0 radical (unpaired) electrons. The van der Waals surface area contributed by atoms with Gasteiger partial charge >= 0.3 is 5.97 Å². The number of esters is 1. The van der Waals surface area contributed by atoms with Crippen molar-refractivity contribution in [3.8, 4) is 0 Å². The Hall–Kier alpha value is -2.90. The van der Waals surface area contributed by atoms with E-state index in [2.05, 4.69) is 86.8 Å². The van der Waals surface area contributed by atoms with Gasteiger partial charge in [-0.2, -0.15) is 0 Å². The molecule has 1 aliphatic rings. The standard InChI is InChI=1S/C69H123NO10/c1-4-7-10-13-16-19-22-24-25-26-27-28-29-30-31-32-33-34-35-36-37-39-42-45-48-51-54-57-64(74)80-67-66(76)65(75)63(58-71)79-69(67)78-59-60(61(72)55-52-49-46-43-40-21-18-15-12-9-6-3)70-68(77)62(73)56-53-50-47-44-41-38-23-20-17-14-11-8-5-2/h8,11,16-17,19-20,24-25,38,41,52,55,60-63,65-67,69,71-73,75-76H,4-7,9-10,12-15,18,21-23,26-37,39-40,42-51,53-54,56-59H2,1-3H3,(H,70,77)/b11-8+,19-16-,20-17+,25-24-,41-38+,55-52+. The largest absolute Gasteiger partial charge is 0.454 e. The molecule has 0 bridgehead atoms. The Morgan fingerprint density at radius 3 is 1.38 bits per heavy atom. The molecule has 6 N–H and O–H groups in total. The fourth-order valence-electron chi connectivity index (χ4n) is 10.1. The molecule has 1 amide bonds. The van der Waals surface area contributed by atoms with Crippen molar-refractivity contribution in [2.24, 2.45) is 0 Å². The van der Waals surface area contributed by atoms with Crippen molar-refractivity contribution < 1.29 is 49.3 Å². The van der Waals surface area contributed by atoms with E-state index in [9.17, 15) is 35.1 Å². The smallest absolute Gasteiger partial charge is 0.306 e. The zero-order valence-electron chi connectivity index (χ0n) is 51.4. The number of allylic oxidation sites excluding steroid dienone is 11. The fourth-order valence-corrected chi connectivity index (χ4v) is 10.1. The lowest BCUT2D eigenvalue weighted by molar-refractivity contribution is -0.305. The van der Waals surface area contributed by atoms with Gasteiger partial charge in [-0.25, -0.2) is 0 Å². The zero-order chi connectivity index (χ0) is 58.2. The molecular weight excluding hydrogens is 1000 g/mol. The summed E-state index contributed by atoms with van der Waals surface area (Å²) >= 11 is 0. The Bertz CT molecular complexity index is 1580. The molecule has 8 unspecified atom stereocenters. The zero-order valence-corrected chi connectivity index (χ0v) is 51.4. The van der Waals surface area contributed by atoms with Crippen LogP contribution in [-0.2, 0) is 23.8 Å². The van der Waals surface area contributed by atoms with Crippen molar-refractivity contribution >= 4 is 11.9 Å². The Morgan fingerprint density at radius 2 is 0.900 bits per heavy atom. The van der Waals surface area contributed by atoms with Gasteiger partial charge in [-0.3, -0.25) is 9.59 Å². The normalized spacial score (nSPS) is 19.2. The highest BCUT2D eigenvalue weighted by molar-refractivity contribution is 5.80. The van der Waals surface area contributed by atoms with Gasteiger partial charge in [0.1, 0.15) is 24.4 Å². The average molecular weight is 1130 g/mol. The third kappa shape index (κ3) is 43.7. The maximum absolute atomic E-state index is 13.4. The first-order valence-corrected chi connectivity index (χ1v) is 33.2. The van der Waals surface area contributed by atoms with Crippen molar-refractivity contribution in [1.82, 2.24) is 5.32 Å². The summed E-state index contributed by atoms with van der Waals surface area (Å²) in [5, 5.41) is 56.9. The highest BCUT2D eigenvalue weighted by Gasteiger charge is 2.47. The van der Waals surface area contributed by atoms with Crippen LogP contribution in [-0.4, -0.2) is 99.6 Å². The second-order valence-corrected chi connectivity index (χ2v) is 22.8. The molecule has 11 nitrogen and oxygen atoms in total. The second-order valence-electron chi connectivity index (χ2n) is 22.8. The van der Waals surface area contributed by atoms with Gasteiger partial charge in [-0.1, -0.05) is 267 Å². The Kier molecular flexibility index (Phi) is 53.1. The number of nitrogens with one attached hydrogen (secondary N) is 1. The molecule has 0 aliphatic carbocycles. The van der Waals surface area contributed by atoms with Gasteiger partial charge in [0.25, 0.3) is 0 Å². The number of unbranched alkanes of at least 4 members (excludes halogenated alkanes) is 32. The van der Waals surface area contributed by atoms with Gasteiger partial charge in [0, 0.05) is 6.42 Å². The number of hydrogen-bond donors (Lipinski definition) is 6. The van der Waals surface area contributed by atoms with Crippen LogP contribution in [0.25, 0.3) is 0 Å². The van der Waals surface area contributed by atoms with E-state index in [1.165, 1.54) is 161 Å². The third-order valence-corrected chi connectivity index (χ3v) is 15.3. The fraction of sp³-hybridized carbons (Fsp3) is 0.797. The maximum atomic E-state index is 13.4. The molecule has 11 heteroatoms. The van der Waals surface area contributed by atoms with Crippen LogP contribution < -0.4 is 5.32 Å². The van der Waals surface area contributed by atoms with Gasteiger partial charge in [0.05, 0.1) is 25.4 Å². The van der Waals surface area contributed by atoms with Gasteiger partial charge < -0.3 is 45.1 Å². The summed E-state index contributed by atoms with van der Waals surface area (Å²) in [4.78, 5) is 26.5. The van der Waals surface area contributed by atoms with Crippen molar-refractivity contribution in [2.75, 3.05) is 13.2 Å². The molecule has 80 heavy (non-hydrogen) atoms. The van der Waals surface area contributed by atoms with Crippen molar-refractivity contribution in [3.63, 3.8) is 0 Å². The van der Waals surface area contributed by atoms with E-state index in [0.29, 0.717) is 12.8 Å². The molecule has 0 spiro atoms. The minimum absolute atomic E-state index is 0.120. The highest BCUT2D eigenvalue weighted by Crippen LogP contribution is 2.26. The van der Waals surface area contributed by atoms with E-state index < -0.39 is 67.4 Å². The molecule has 0 aromatic carbocycles. The number of ether oxygens (including phenoxy) is 3. The second kappa shape index (κ2) is 56.6. The van der Waals surface area contributed by atoms with E-state index in [0.717, 1.165) is 83.5 Å². The molecule has 1 rings (SSSR count). The molecule has 1 fully saturated rings. The number of hydrogen-bond acceptors (Lipinski definition) is 10. The lowest BCUT2D eigenvalue weighted by atomic mass is 9.99. The number of carbonyl (C=O) groups is 2. The van der Waals surface area contributed by atoms with Gasteiger partial charge in [0.2, 0.25) is 5.91 Å². The first kappa shape index (κ1) is 75.1. The quantitative estimate of drug-likeness (QED) is 0.0195. The Morgan fingerprint density at radius 1 is 0.500 bits per heavy atom. The van der Waals surface area contributed by atoms with Crippen LogP contribution in [0, 0.1) is 0 Å². The average Bonchev–Trinajstić information content (AvgIpc) is 3.46. The molecule has 0 aromatic heterocycles. The van der Waals surface area contributed by atoms with Crippen LogP contribution in [0.2, 0.25) is 0 Å². The van der Waals surface area contributed by atoms with E-state index in [1.807, 2.05) is 6.08 Å². The predicted molar refractivity (Wildman–Crippen MR) is 333 cm³/mol. The minimum atomic E-state index is -1.62. The van der Waals surface area contributed by atoms with Crippen LogP contribution in [0.1, 0.15) is 290 Å². The summed E-state index contributed by atoms with van der Waals surface area (Å²) in [5.74, 6) is -1.21. The summed E-state index contributed by atoms with van der Waals surface area (Å²) in [5.41, 5.74) is 0. The summed E-state index contributed by atoms with van der Waals surface area (Å²) in [6.07, 6.45) is 62.5. The molecule has 0 saturated carbocycles. The van der Waals surface area contributed by atoms with Crippen molar-refractivity contribution in [1.29, 1.82) is 0 Å². The van der Waals surface area contributed by atoms with Crippen LogP contribution >= 0.6 is 0 Å². The van der Waals surface area contributed by atoms with E-state index >= 15 is 0 Å². The van der Waals surface area contributed by atoms with Crippen LogP contribution in [0.15, 0.2) is 72.9 Å². The summed E-state index contributed by atoms with van der Waals surface area (Å²) in [6, 6.07) is -1.04. The molecule has 0 aromatic rings. The number of carbonyl (C=O) groups excluding carboxylic acids is 2. The van der Waals surface area contributed by atoms with Crippen molar-refractivity contribution in [2.45, 2.75) is 339 Å². The lowest BCUT2D eigenvalue weighted by Gasteiger charge is -2.41. The summed E-state index contributed by atoms with van der Waals surface area (Å²) < 4.78 is 17.6. The van der Waals surface area contributed by atoms with E-state index in [4.69, 9.17) is 14.2 Å². The summed E-state index contributed by atoms with van der Waals surface area (Å²) in [7, 11) is 0. The minimum Gasteiger partial charge on any atom is -0.454 e. The van der Waals surface area contributed by atoms with Crippen LogP contribution in [0.5, 0.6) is 0 Å². The maximum Gasteiger partial charge on any atom is 0.306 e. The molecular formula is C69H123NO10. The number of amides is 1. The molecule has 1 heterocycles. The molecule has 1 aliphatic heterocycles. The number of aliphatic hydroxyl groups is 5. The first-order chi connectivity index (χ1) is 39.2. The Balaban J connectivity index is 2.53. The van der Waals surface area contributed by atoms with Gasteiger partial charge in [0.15, 0.2) is 12.4 Å². The predicted octanol–water partition coefficient (Wildman–Crippen LogP) is 16.3. The molecule has 1 saturated heterocycles. The first-order valence-electron chi connectivity index (χ1n) is 33.2. The van der Waals surface area contributed by atoms with Gasteiger partial charge in [-0.15, -0.1) is 0 Å². The third-order valence-electron chi connectivity index (χ3n) is 15.3. The topological polar surface area (TPSA) is 175 Å². The van der Waals surface area contributed by atoms with E-state index in [-0.39, 0.29) is 19.4 Å². The van der Waals surface area contributed by atoms with Crippen molar-refractivity contribution in [3.05, 3.63) is 72.9 Å². The SMILES string of the molecule is CC/C=C/C/C=C/C/C=C/CCCCCC(O)C(=O)NC(COC1OC(CO)C(O)C(O)C1OC(=O)CCCCCCCCCCCCCCCCCCC/C=C\C/C=C\CCCCC)C(O)/C=C/CCCCCCCCCCC. The van der Waals surface area contributed by atoms with Crippen LogP contribution in [0.3, 0.4) is 0 Å². The monoisotopic (exact) mass is 1130 g/mol. The number of aliphatic hydroxyl groups excluding tert-OH is 5. The van der Waals surface area contributed by atoms with E-state index in [1.54, 1.807) is 6.08 Å². The summed E-state index contributed by atoms with van der Waals surface area (Å²) in [6.45, 7) is 5.64. The Labute approximate surface area is 490 Å².